The fraction of sp³-hybridized carbons (Fsp3) is 0.357. The SMILES string of the molecule is CNC(CCc1nccn1C)c1cc(F)cc(F)c1. The first-order valence-corrected chi connectivity index (χ1v) is 6.19. The highest BCUT2D eigenvalue weighted by molar-refractivity contribution is 5.21. The van der Waals surface area contributed by atoms with Crippen molar-refractivity contribution in [2.24, 2.45) is 7.05 Å². The van der Waals surface area contributed by atoms with Crippen molar-refractivity contribution >= 4 is 0 Å². The predicted molar refractivity (Wildman–Crippen MR) is 69.7 cm³/mol. The first kappa shape index (κ1) is 13.7. The van der Waals surface area contributed by atoms with Crippen LogP contribution >= 0.6 is 0 Å². The maximum Gasteiger partial charge on any atom is 0.126 e. The summed E-state index contributed by atoms with van der Waals surface area (Å²) in [7, 11) is 3.71. The second-order valence-electron chi connectivity index (χ2n) is 4.54. The van der Waals surface area contributed by atoms with Gasteiger partial charge in [0.2, 0.25) is 0 Å². The summed E-state index contributed by atoms with van der Waals surface area (Å²) in [6.07, 6.45) is 5.09. The van der Waals surface area contributed by atoms with Gasteiger partial charge in [0.1, 0.15) is 17.5 Å². The summed E-state index contributed by atoms with van der Waals surface area (Å²) in [6.45, 7) is 0. The molecule has 19 heavy (non-hydrogen) atoms. The Morgan fingerprint density at radius 2 is 1.95 bits per heavy atom. The minimum Gasteiger partial charge on any atom is -0.338 e. The molecule has 0 fully saturated rings. The zero-order valence-corrected chi connectivity index (χ0v) is 11.0. The molecule has 1 aromatic heterocycles. The van der Waals surface area contributed by atoms with E-state index in [0.29, 0.717) is 5.56 Å². The molecule has 0 aliphatic heterocycles. The zero-order chi connectivity index (χ0) is 13.8. The largest absolute Gasteiger partial charge is 0.338 e. The van der Waals surface area contributed by atoms with Crippen molar-refractivity contribution in [3.8, 4) is 0 Å². The lowest BCUT2D eigenvalue weighted by molar-refractivity contribution is 0.520. The minimum atomic E-state index is -0.549. The van der Waals surface area contributed by atoms with Crippen molar-refractivity contribution in [1.29, 1.82) is 0 Å². The summed E-state index contributed by atoms with van der Waals surface area (Å²) in [5, 5.41) is 3.08. The summed E-state index contributed by atoms with van der Waals surface area (Å²) in [4.78, 5) is 4.24. The number of imidazole rings is 1. The predicted octanol–water partition coefficient (Wildman–Crippen LogP) is 2.59. The number of halogens is 2. The maximum atomic E-state index is 13.2. The maximum absolute atomic E-state index is 13.2. The first-order valence-electron chi connectivity index (χ1n) is 6.19. The fourth-order valence-corrected chi connectivity index (χ4v) is 2.16. The summed E-state index contributed by atoms with van der Waals surface area (Å²) < 4.78 is 28.4. The molecule has 0 radical (unpaired) electrons. The van der Waals surface area contributed by atoms with Crippen molar-refractivity contribution in [3.05, 3.63) is 53.6 Å². The fourth-order valence-electron chi connectivity index (χ4n) is 2.16. The van der Waals surface area contributed by atoms with Crippen LogP contribution in [-0.2, 0) is 13.5 Å². The van der Waals surface area contributed by atoms with E-state index in [2.05, 4.69) is 10.3 Å². The number of benzene rings is 1. The number of nitrogens with one attached hydrogen (secondary N) is 1. The van der Waals surface area contributed by atoms with Gasteiger partial charge < -0.3 is 9.88 Å². The Morgan fingerprint density at radius 3 is 2.47 bits per heavy atom. The third kappa shape index (κ3) is 3.38. The molecule has 102 valence electrons. The molecule has 1 unspecified atom stereocenters. The van der Waals surface area contributed by atoms with E-state index in [0.717, 1.165) is 24.7 Å². The van der Waals surface area contributed by atoms with Crippen LogP contribution in [0.2, 0.25) is 0 Å². The molecule has 5 heteroatoms. The molecule has 1 heterocycles. The van der Waals surface area contributed by atoms with Crippen LogP contribution in [0.3, 0.4) is 0 Å². The zero-order valence-electron chi connectivity index (χ0n) is 11.0. The van der Waals surface area contributed by atoms with Crippen LogP contribution in [0, 0.1) is 11.6 Å². The van der Waals surface area contributed by atoms with Crippen LogP contribution < -0.4 is 5.32 Å². The molecule has 1 N–H and O–H groups in total. The molecule has 0 aliphatic rings. The summed E-state index contributed by atoms with van der Waals surface area (Å²) in [5.41, 5.74) is 0.620. The third-order valence-corrected chi connectivity index (χ3v) is 3.21. The average Bonchev–Trinajstić information content (AvgIpc) is 2.75. The number of nitrogens with zero attached hydrogens (tertiary/aromatic N) is 2. The molecular formula is C14H17F2N3. The van der Waals surface area contributed by atoms with Gasteiger partial charge in [-0.3, -0.25) is 0 Å². The average molecular weight is 265 g/mol. The minimum absolute atomic E-state index is 0.0955. The van der Waals surface area contributed by atoms with E-state index in [1.54, 1.807) is 13.2 Å². The molecule has 0 bridgehead atoms. The van der Waals surface area contributed by atoms with Crippen LogP contribution in [0.4, 0.5) is 8.78 Å². The van der Waals surface area contributed by atoms with Crippen LogP contribution in [0.25, 0.3) is 0 Å². The van der Waals surface area contributed by atoms with Crippen molar-refractivity contribution in [2.45, 2.75) is 18.9 Å². The standard InChI is InChI=1S/C14H17F2N3/c1-17-13(3-4-14-18-5-6-19(14)2)10-7-11(15)9-12(16)8-10/h5-9,13,17H,3-4H2,1-2H3. The highest BCUT2D eigenvalue weighted by Gasteiger charge is 2.13. The first-order chi connectivity index (χ1) is 9.10. The van der Waals surface area contributed by atoms with Crippen molar-refractivity contribution in [3.63, 3.8) is 0 Å². The van der Waals surface area contributed by atoms with Gasteiger partial charge in [-0.25, -0.2) is 13.8 Å². The Balaban J connectivity index is 2.09. The van der Waals surface area contributed by atoms with Crippen LogP contribution in [0.1, 0.15) is 23.9 Å². The summed E-state index contributed by atoms with van der Waals surface area (Å²) in [5.74, 6) is -0.142. The lowest BCUT2D eigenvalue weighted by Gasteiger charge is -2.16. The van der Waals surface area contributed by atoms with Crippen LogP contribution in [0.15, 0.2) is 30.6 Å². The molecule has 0 amide bonds. The lowest BCUT2D eigenvalue weighted by atomic mass is 10.0. The Labute approximate surface area is 111 Å². The summed E-state index contributed by atoms with van der Waals surface area (Å²) >= 11 is 0. The second-order valence-corrected chi connectivity index (χ2v) is 4.54. The van der Waals surface area contributed by atoms with E-state index in [4.69, 9.17) is 0 Å². The number of hydrogen-bond acceptors (Lipinski definition) is 2. The number of aromatic nitrogens is 2. The Morgan fingerprint density at radius 1 is 1.26 bits per heavy atom. The molecular weight excluding hydrogens is 248 g/mol. The van der Waals surface area contributed by atoms with Gasteiger partial charge >= 0.3 is 0 Å². The van der Waals surface area contributed by atoms with E-state index < -0.39 is 11.6 Å². The topological polar surface area (TPSA) is 29.9 Å². The van der Waals surface area contributed by atoms with Crippen LogP contribution in [-0.4, -0.2) is 16.6 Å². The molecule has 3 nitrogen and oxygen atoms in total. The Hall–Kier alpha value is -1.75. The lowest BCUT2D eigenvalue weighted by Crippen LogP contribution is -2.18. The molecule has 1 aromatic carbocycles. The highest BCUT2D eigenvalue weighted by Crippen LogP contribution is 2.20. The third-order valence-electron chi connectivity index (χ3n) is 3.21. The normalized spacial score (nSPS) is 12.6. The Bertz CT molecular complexity index is 531. The van der Waals surface area contributed by atoms with Gasteiger partial charge in [-0.1, -0.05) is 0 Å². The number of aryl methyl sites for hydroxylation is 2. The molecule has 0 saturated heterocycles. The van der Waals surface area contributed by atoms with Gasteiger partial charge in [0, 0.05) is 38.0 Å². The van der Waals surface area contributed by atoms with E-state index in [1.165, 1.54) is 12.1 Å². The van der Waals surface area contributed by atoms with Gasteiger partial charge in [-0.05, 0) is 31.2 Å². The quantitative estimate of drug-likeness (QED) is 0.900. The van der Waals surface area contributed by atoms with Crippen molar-refractivity contribution < 1.29 is 8.78 Å². The van der Waals surface area contributed by atoms with E-state index in [9.17, 15) is 8.78 Å². The summed E-state index contributed by atoms with van der Waals surface area (Å²) in [6, 6.07) is 3.52. The smallest absolute Gasteiger partial charge is 0.126 e. The Kier molecular flexibility index (Phi) is 4.27. The van der Waals surface area contributed by atoms with Gasteiger partial charge in [0.05, 0.1) is 0 Å². The second kappa shape index (κ2) is 5.93. The van der Waals surface area contributed by atoms with Crippen LogP contribution in [0.5, 0.6) is 0 Å². The van der Waals surface area contributed by atoms with Gasteiger partial charge in [0.15, 0.2) is 0 Å². The molecule has 1 atom stereocenters. The number of hydrogen-bond donors (Lipinski definition) is 1. The van der Waals surface area contributed by atoms with Crippen molar-refractivity contribution in [1.82, 2.24) is 14.9 Å². The molecule has 2 rings (SSSR count). The monoisotopic (exact) mass is 265 g/mol. The van der Waals surface area contributed by atoms with Crippen molar-refractivity contribution in [2.75, 3.05) is 7.05 Å². The van der Waals surface area contributed by atoms with E-state index in [-0.39, 0.29) is 6.04 Å². The van der Waals surface area contributed by atoms with E-state index >= 15 is 0 Å². The molecule has 2 aromatic rings. The van der Waals surface area contributed by atoms with E-state index in [1.807, 2.05) is 17.8 Å². The van der Waals surface area contributed by atoms with Gasteiger partial charge in [-0.2, -0.15) is 0 Å². The molecule has 0 spiro atoms. The molecule has 0 aliphatic carbocycles. The number of rotatable bonds is 5. The molecule has 0 saturated carbocycles. The van der Waals surface area contributed by atoms with Gasteiger partial charge in [-0.15, -0.1) is 0 Å². The highest BCUT2D eigenvalue weighted by atomic mass is 19.1. The van der Waals surface area contributed by atoms with Gasteiger partial charge in [0.25, 0.3) is 0 Å².